The number of H-pyrrole nitrogens is 1. The number of rotatable bonds is 9. The molecule has 3 aromatic carbocycles. The van der Waals surface area contributed by atoms with Gasteiger partial charge in [0.15, 0.2) is 11.5 Å². The molecule has 8 heteroatoms. The number of unbranched alkanes of at least 4 members (excludes halogenated alkanes) is 1. The highest BCUT2D eigenvalue weighted by Gasteiger charge is 2.42. The van der Waals surface area contributed by atoms with E-state index < -0.39 is 0 Å². The number of fused-ring (bicyclic) bond motifs is 1. The Morgan fingerprint density at radius 3 is 2.35 bits per heavy atom. The normalized spacial score (nSPS) is 14.6. The van der Waals surface area contributed by atoms with Crippen molar-refractivity contribution in [2.24, 2.45) is 0 Å². The molecule has 1 aliphatic rings. The molecule has 0 radical (unpaired) electrons. The van der Waals surface area contributed by atoms with E-state index in [4.69, 9.17) is 32.7 Å². The Hall–Kier alpha value is -3.48. The smallest absolute Gasteiger partial charge is 0.273 e. The second kappa shape index (κ2) is 10.9. The first kappa shape index (κ1) is 25.2. The number of halogens is 2. The average Bonchev–Trinajstić information content (AvgIpc) is 3.45. The van der Waals surface area contributed by atoms with Gasteiger partial charge in [-0.05, 0) is 53.9 Å². The number of ether oxygens (including phenoxy) is 2. The molecule has 0 spiro atoms. The zero-order valence-electron chi connectivity index (χ0n) is 20.6. The molecule has 4 aromatic rings. The van der Waals surface area contributed by atoms with E-state index >= 15 is 0 Å². The number of carbonyl (C=O) groups is 1. The average molecular weight is 536 g/mol. The van der Waals surface area contributed by atoms with Gasteiger partial charge in [-0.1, -0.05) is 66.9 Å². The van der Waals surface area contributed by atoms with Crippen LogP contribution in [0.15, 0.2) is 66.7 Å². The van der Waals surface area contributed by atoms with Crippen molar-refractivity contribution < 1.29 is 14.3 Å². The first-order valence-corrected chi connectivity index (χ1v) is 13.0. The summed E-state index contributed by atoms with van der Waals surface area (Å²) in [5.74, 6) is 1.18. The molecule has 1 aliphatic heterocycles. The minimum Gasteiger partial charge on any atom is -0.493 e. The molecular weight excluding hydrogens is 509 g/mol. The predicted octanol–water partition coefficient (Wildman–Crippen LogP) is 7.32. The van der Waals surface area contributed by atoms with Gasteiger partial charge in [-0.15, -0.1) is 0 Å². The Morgan fingerprint density at radius 2 is 1.68 bits per heavy atom. The molecule has 37 heavy (non-hydrogen) atoms. The number of aromatic amines is 1. The van der Waals surface area contributed by atoms with Gasteiger partial charge in [-0.3, -0.25) is 9.89 Å². The molecule has 1 aromatic heterocycles. The Morgan fingerprint density at radius 1 is 0.973 bits per heavy atom. The Bertz CT molecular complexity index is 1400. The van der Waals surface area contributed by atoms with Gasteiger partial charge in [0.2, 0.25) is 0 Å². The highest BCUT2D eigenvalue weighted by Crippen LogP contribution is 2.45. The molecule has 1 N–H and O–H groups in total. The zero-order chi connectivity index (χ0) is 25.9. The van der Waals surface area contributed by atoms with Crippen LogP contribution < -0.4 is 9.47 Å². The van der Waals surface area contributed by atoms with E-state index in [1.165, 1.54) is 0 Å². The van der Waals surface area contributed by atoms with Crippen molar-refractivity contribution in [3.05, 3.63) is 99.2 Å². The van der Waals surface area contributed by atoms with Gasteiger partial charge < -0.3 is 14.4 Å². The molecule has 190 valence electrons. The second-order valence-corrected chi connectivity index (χ2v) is 9.82. The number of hydrogen-bond donors (Lipinski definition) is 1. The summed E-state index contributed by atoms with van der Waals surface area (Å²) in [6, 6.07) is 20.5. The Labute approximate surface area is 226 Å². The molecule has 0 saturated heterocycles. The quantitative estimate of drug-likeness (QED) is 0.228. The van der Waals surface area contributed by atoms with E-state index in [0.29, 0.717) is 46.1 Å². The lowest BCUT2D eigenvalue weighted by atomic mass is 9.95. The maximum absolute atomic E-state index is 13.7. The van der Waals surface area contributed by atoms with E-state index in [1.807, 2.05) is 71.6 Å². The molecule has 1 atom stereocenters. The second-order valence-electron chi connectivity index (χ2n) is 8.94. The Balaban J connectivity index is 1.60. The summed E-state index contributed by atoms with van der Waals surface area (Å²) >= 11 is 12.2. The number of carbonyl (C=O) groups excluding carboxylic acids is 1. The number of benzene rings is 3. The number of amides is 1. The zero-order valence-corrected chi connectivity index (χ0v) is 22.1. The van der Waals surface area contributed by atoms with Crippen LogP contribution in [0.4, 0.5) is 0 Å². The van der Waals surface area contributed by atoms with Gasteiger partial charge in [-0.25, -0.2) is 0 Å². The predicted molar refractivity (Wildman–Crippen MR) is 146 cm³/mol. The van der Waals surface area contributed by atoms with Crippen molar-refractivity contribution in [2.45, 2.75) is 32.4 Å². The van der Waals surface area contributed by atoms with Crippen molar-refractivity contribution in [3.8, 4) is 22.8 Å². The minimum absolute atomic E-state index is 0.120. The van der Waals surface area contributed by atoms with Gasteiger partial charge in [0.25, 0.3) is 5.91 Å². The topological polar surface area (TPSA) is 67.5 Å². The van der Waals surface area contributed by atoms with Crippen LogP contribution in [0.1, 0.15) is 53.0 Å². The first-order valence-electron chi connectivity index (χ1n) is 12.2. The highest BCUT2D eigenvalue weighted by atomic mass is 35.5. The summed E-state index contributed by atoms with van der Waals surface area (Å²) in [7, 11) is 1.62. The lowest BCUT2D eigenvalue weighted by Gasteiger charge is -2.27. The monoisotopic (exact) mass is 535 g/mol. The van der Waals surface area contributed by atoms with Crippen LogP contribution in [0.2, 0.25) is 10.0 Å². The number of aromatic nitrogens is 2. The standard InChI is InChI=1S/C29H27Cl2N3O3/c1-3-4-15-37-23-14-9-20(16-24(23)36-2)28-25-26(19-7-12-22(31)13-8-19)32-33-27(25)29(35)34(28)17-18-5-10-21(30)11-6-18/h5-14,16,28H,3-4,15,17H2,1-2H3,(H,32,33). The van der Waals surface area contributed by atoms with E-state index in [2.05, 4.69) is 17.1 Å². The third-order valence-corrected chi connectivity index (χ3v) is 7.01. The van der Waals surface area contributed by atoms with Crippen LogP contribution >= 0.6 is 23.2 Å². The third-order valence-electron chi connectivity index (χ3n) is 6.51. The molecule has 5 rings (SSSR count). The summed E-state index contributed by atoms with van der Waals surface area (Å²) in [4.78, 5) is 15.5. The molecule has 0 fully saturated rings. The van der Waals surface area contributed by atoms with Crippen LogP contribution in [0.5, 0.6) is 11.5 Å². The van der Waals surface area contributed by atoms with E-state index in [9.17, 15) is 4.79 Å². The summed E-state index contributed by atoms with van der Waals surface area (Å²) in [6.07, 6.45) is 2.00. The molecule has 0 aliphatic carbocycles. The molecular formula is C29H27Cl2N3O3. The largest absolute Gasteiger partial charge is 0.493 e. The van der Waals surface area contributed by atoms with Gasteiger partial charge in [0.05, 0.1) is 25.5 Å². The highest BCUT2D eigenvalue weighted by molar-refractivity contribution is 6.30. The van der Waals surface area contributed by atoms with E-state index in [0.717, 1.165) is 35.1 Å². The molecule has 0 saturated carbocycles. The van der Waals surface area contributed by atoms with Crippen molar-refractivity contribution in [2.75, 3.05) is 13.7 Å². The van der Waals surface area contributed by atoms with Gasteiger partial charge >= 0.3 is 0 Å². The molecule has 1 unspecified atom stereocenters. The maximum Gasteiger partial charge on any atom is 0.273 e. The molecule has 6 nitrogen and oxygen atoms in total. The van der Waals surface area contributed by atoms with Gasteiger partial charge in [-0.2, -0.15) is 5.10 Å². The lowest BCUT2D eigenvalue weighted by Crippen LogP contribution is -2.29. The molecule has 0 bridgehead atoms. The van der Waals surface area contributed by atoms with Crippen LogP contribution in [0, 0.1) is 0 Å². The third kappa shape index (κ3) is 5.04. The lowest BCUT2D eigenvalue weighted by molar-refractivity contribution is 0.0730. The molecule has 1 amide bonds. The number of hydrogen-bond acceptors (Lipinski definition) is 4. The summed E-state index contributed by atoms with van der Waals surface area (Å²) in [5.41, 5.74) is 4.76. The van der Waals surface area contributed by atoms with E-state index in [1.54, 1.807) is 7.11 Å². The summed E-state index contributed by atoms with van der Waals surface area (Å²) in [6.45, 7) is 3.14. The first-order chi connectivity index (χ1) is 18.0. The number of nitrogens with zero attached hydrogens (tertiary/aromatic N) is 2. The SMILES string of the molecule is CCCCOc1ccc(C2c3c(-c4ccc(Cl)cc4)n[nH]c3C(=O)N2Cc2ccc(Cl)cc2)cc1OC. The summed E-state index contributed by atoms with van der Waals surface area (Å²) < 4.78 is 11.6. The van der Waals surface area contributed by atoms with Gasteiger partial charge in [0, 0.05) is 27.7 Å². The maximum atomic E-state index is 13.7. The minimum atomic E-state index is -0.388. The van der Waals surface area contributed by atoms with Crippen LogP contribution in [-0.2, 0) is 6.54 Å². The summed E-state index contributed by atoms with van der Waals surface area (Å²) in [5, 5.41) is 8.82. The van der Waals surface area contributed by atoms with Crippen molar-refractivity contribution in [1.82, 2.24) is 15.1 Å². The fourth-order valence-electron chi connectivity index (χ4n) is 4.62. The van der Waals surface area contributed by atoms with Crippen LogP contribution in [0.25, 0.3) is 11.3 Å². The van der Waals surface area contributed by atoms with E-state index in [-0.39, 0.29) is 11.9 Å². The number of nitrogens with one attached hydrogen (secondary N) is 1. The van der Waals surface area contributed by atoms with Crippen LogP contribution in [0.3, 0.4) is 0 Å². The van der Waals surface area contributed by atoms with Crippen molar-refractivity contribution >= 4 is 29.1 Å². The molecule has 2 heterocycles. The fraction of sp³-hybridized carbons (Fsp3) is 0.241. The van der Waals surface area contributed by atoms with Gasteiger partial charge in [0.1, 0.15) is 5.69 Å². The Kier molecular flexibility index (Phi) is 7.40. The van der Waals surface area contributed by atoms with Crippen molar-refractivity contribution in [3.63, 3.8) is 0 Å². The van der Waals surface area contributed by atoms with Crippen molar-refractivity contribution in [1.29, 1.82) is 0 Å². The number of methoxy groups -OCH3 is 1. The van der Waals surface area contributed by atoms with Crippen LogP contribution in [-0.4, -0.2) is 34.7 Å². The fourth-order valence-corrected chi connectivity index (χ4v) is 4.87.